The molecule has 0 aliphatic carbocycles. The Morgan fingerprint density at radius 2 is 1.67 bits per heavy atom. The van der Waals surface area contributed by atoms with Gasteiger partial charge in [-0.2, -0.15) is 0 Å². The molecule has 1 unspecified atom stereocenters. The van der Waals surface area contributed by atoms with E-state index in [0.29, 0.717) is 19.5 Å². The second-order valence-electron chi connectivity index (χ2n) is 10.5. The van der Waals surface area contributed by atoms with E-state index in [9.17, 15) is 9.59 Å². The minimum atomic E-state index is -0.268. The van der Waals surface area contributed by atoms with Crippen LogP contribution in [0.2, 0.25) is 0 Å². The summed E-state index contributed by atoms with van der Waals surface area (Å²) in [7, 11) is 1.79. The Balaban J connectivity index is 1.22. The zero-order valence-corrected chi connectivity index (χ0v) is 21.3. The Morgan fingerprint density at radius 1 is 0.944 bits per heavy atom. The second-order valence-corrected chi connectivity index (χ2v) is 10.5. The molecular weight excluding hydrogens is 446 g/mol. The number of hydrogen-bond acceptors (Lipinski definition) is 3. The topological polar surface area (TPSA) is 43.9 Å². The molecule has 2 heterocycles. The Morgan fingerprint density at radius 3 is 2.42 bits per heavy atom. The predicted octanol–water partition coefficient (Wildman–Crippen LogP) is 5.00. The molecular formula is C31H37N3O2. The van der Waals surface area contributed by atoms with Crippen molar-refractivity contribution in [1.82, 2.24) is 9.80 Å². The molecule has 2 saturated heterocycles. The minimum absolute atomic E-state index is 0.0598. The predicted molar refractivity (Wildman–Crippen MR) is 146 cm³/mol. The molecule has 2 amide bonds. The van der Waals surface area contributed by atoms with Gasteiger partial charge in [0.2, 0.25) is 11.8 Å². The van der Waals surface area contributed by atoms with Crippen molar-refractivity contribution in [2.75, 3.05) is 44.7 Å². The van der Waals surface area contributed by atoms with Crippen molar-refractivity contribution in [3.05, 3.63) is 78.4 Å². The number of fused-ring (bicyclic) bond motifs is 1. The lowest BCUT2D eigenvalue weighted by molar-refractivity contribution is -0.127. The first kappa shape index (κ1) is 24.5. The van der Waals surface area contributed by atoms with Gasteiger partial charge in [-0.25, -0.2) is 0 Å². The molecule has 0 saturated carbocycles. The van der Waals surface area contributed by atoms with E-state index in [2.05, 4.69) is 59.5 Å². The van der Waals surface area contributed by atoms with Gasteiger partial charge in [-0.15, -0.1) is 0 Å². The zero-order valence-electron chi connectivity index (χ0n) is 21.3. The van der Waals surface area contributed by atoms with Gasteiger partial charge in [-0.1, -0.05) is 66.7 Å². The second kappa shape index (κ2) is 11.3. The number of benzene rings is 3. The van der Waals surface area contributed by atoms with Gasteiger partial charge in [0.25, 0.3) is 0 Å². The van der Waals surface area contributed by atoms with Crippen molar-refractivity contribution in [3.63, 3.8) is 0 Å². The molecule has 0 aromatic heterocycles. The summed E-state index contributed by atoms with van der Waals surface area (Å²) in [6.45, 7) is 4.43. The Hall–Kier alpha value is -3.18. The lowest BCUT2D eigenvalue weighted by Gasteiger charge is -2.33. The van der Waals surface area contributed by atoms with Gasteiger partial charge in [-0.05, 0) is 68.3 Å². The molecule has 0 bridgehead atoms. The number of anilines is 1. The first-order valence-electron chi connectivity index (χ1n) is 13.4. The van der Waals surface area contributed by atoms with Crippen molar-refractivity contribution < 1.29 is 9.59 Å². The standard InChI is InChI=1S/C31H37N3O2/c1-32-23-27(22-30(32)35)31(36)34(29-14-7-12-26-11-5-6-13-28(26)29)18-8-17-33-19-15-25(16-20-33)21-24-9-3-2-4-10-24/h2-7,9-14,25,27H,8,15-23H2,1H3. The zero-order chi connectivity index (χ0) is 24.9. The highest BCUT2D eigenvalue weighted by Crippen LogP contribution is 2.30. The van der Waals surface area contributed by atoms with Crippen LogP contribution in [0.3, 0.4) is 0 Å². The molecule has 2 aliphatic heterocycles. The van der Waals surface area contributed by atoms with E-state index in [-0.39, 0.29) is 17.7 Å². The van der Waals surface area contributed by atoms with Crippen LogP contribution in [-0.4, -0.2) is 61.4 Å². The molecule has 1 atom stereocenters. The van der Waals surface area contributed by atoms with Gasteiger partial charge in [0.05, 0.1) is 11.6 Å². The minimum Gasteiger partial charge on any atom is -0.345 e. The number of nitrogens with zero attached hydrogens (tertiary/aromatic N) is 3. The van der Waals surface area contributed by atoms with Crippen molar-refractivity contribution in [3.8, 4) is 0 Å². The molecule has 3 aromatic rings. The molecule has 5 heteroatoms. The van der Waals surface area contributed by atoms with Crippen LogP contribution in [-0.2, 0) is 16.0 Å². The Bertz CT molecular complexity index is 1180. The third-order valence-corrected chi connectivity index (χ3v) is 7.94. The monoisotopic (exact) mass is 483 g/mol. The fourth-order valence-electron chi connectivity index (χ4n) is 5.86. The maximum absolute atomic E-state index is 13.7. The third-order valence-electron chi connectivity index (χ3n) is 7.94. The average molecular weight is 484 g/mol. The Labute approximate surface area is 214 Å². The fraction of sp³-hybridized carbons (Fsp3) is 0.419. The quantitative estimate of drug-likeness (QED) is 0.453. The molecule has 3 aromatic carbocycles. The van der Waals surface area contributed by atoms with Crippen LogP contribution < -0.4 is 4.90 Å². The van der Waals surface area contributed by atoms with E-state index in [1.54, 1.807) is 11.9 Å². The lowest BCUT2D eigenvalue weighted by Crippen LogP contribution is -2.40. The van der Waals surface area contributed by atoms with Crippen LogP contribution in [0.15, 0.2) is 72.8 Å². The van der Waals surface area contributed by atoms with Crippen molar-refractivity contribution in [1.29, 1.82) is 0 Å². The van der Waals surface area contributed by atoms with Gasteiger partial charge < -0.3 is 14.7 Å². The van der Waals surface area contributed by atoms with Gasteiger partial charge in [0.1, 0.15) is 0 Å². The van der Waals surface area contributed by atoms with E-state index in [1.807, 2.05) is 23.1 Å². The highest BCUT2D eigenvalue weighted by atomic mass is 16.2. The number of rotatable bonds is 8. The number of carbonyl (C=O) groups excluding carboxylic acids is 2. The first-order chi connectivity index (χ1) is 17.6. The van der Waals surface area contributed by atoms with Gasteiger partial charge in [0, 0.05) is 31.9 Å². The van der Waals surface area contributed by atoms with Crippen LogP contribution in [0.25, 0.3) is 10.8 Å². The maximum Gasteiger partial charge on any atom is 0.232 e. The van der Waals surface area contributed by atoms with Crippen LogP contribution in [0, 0.1) is 11.8 Å². The van der Waals surface area contributed by atoms with Crippen LogP contribution in [0.1, 0.15) is 31.2 Å². The molecule has 0 radical (unpaired) electrons. The smallest absolute Gasteiger partial charge is 0.232 e. The highest BCUT2D eigenvalue weighted by molar-refractivity contribution is 6.05. The number of likely N-dealkylation sites (tertiary alicyclic amines) is 2. The summed E-state index contributed by atoms with van der Waals surface area (Å²) in [5.41, 5.74) is 2.40. The van der Waals surface area contributed by atoms with Gasteiger partial charge in [0.15, 0.2) is 0 Å². The van der Waals surface area contributed by atoms with Crippen LogP contribution in [0.4, 0.5) is 5.69 Å². The summed E-state index contributed by atoms with van der Waals surface area (Å²) < 4.78 is 0. The summed E-state index contributed by atoms with van der Waals surface area (Å²) in [6, 6.07) is 25.2. The molecule has 5 nitrogen and oxygen atoms in total. The molecule has 188 valence electrons. The van der Waals surface area contributed by atoms with E-state index < -0.39 is 0 Å². The average Bonchev–Trinajstić information content (AvgIpc) is 3.25. The van der Waals surface area contributed by atoms with E-state index >= 15 is 0 Å². The highest BCUT2D eigenvalue weighted by Gasteiger charge is 2.35. The molecule has 2 aliphatic rings. The van der Waals surface area contributed by atoms with E-state index in [1.165, 1.54) is 24.8 Å². The Kier molecular flexibility index (Phi) is 7.66. The fourth-order valence-corrected chi connectivity index (χ4v) is 5.86. The third kappa shape index (κ3) is 5.62. The largest absolute Gasteiger partial charge is 0.345 e. The van der Waals surface area contributed by atoms with E-state index in [0.717, 1.165) is 48.4 Å². The normalized spacial score (nSPS) is 19.2. The molecule has 0 spiro atoms. The number of hydrogen-bond donors (Lipinski definition) is 0. The summed E-state index contributed by atoms with van der Waals surface area (Å²) in [4.78, 5) is 32.1. The number of carbonyl (C=O) groups is 2. The number of amides is 2. The van der Waals surface area contributed by atoms with Crippen molar-refractivity contribution >= 4 is 28.3 Å². The van der Waals surface area contributed by atoms with Crippen LogP contribution in [0.5, 0.6) is 0 Å². The van der Waals surface area contributed by atoms with Crippen LogP contribution >= 0.6 is 0 Å². The summed E-state index contributed by atoms with van der Waals surface area (Å²) in [5.74, 6) is 0.625. The van der Waals surface area contributed by atoms with E-state index in [4.69, 9.17) is 0 Å². The number of piperidine rings is 1. The summed E-state index contributed by atoms with van der Waals surface area (Å²) in [6.07, 6.45) is 4.88. The molecule has 0 N–H and O–H groups in total. The molecule has 5 rings (SSSR count). The summed E-state index contributed by atoms with van der Waals surface area (Å²) >= 11 is 0. The molecule has 2 fully saturated rings. The van der Waals surface area contributed by atoms with Gasteiger partial charge >= 0.3 is 0 Å². The molecule has 36 heavy (non-hydrogen) atoms. The van der Waals surface area contributed by atoms with Crippen molar-refractivity contribution in [2.24, 2.45) is 11.8 Å². The first-order valence-corrected chi connectivity index (χ1v) is 13.4. The van der Waals surface area contributed by atoms with Gasteiger partial charge in [-0.3, -0.25) is 9.59 Å². The lowest BCUT2D eigenvalue weighted by atomic mass is 9.90. The summed E-state index contributed by atoms with van der Waals surface area (Å²) in [5, 5.41) is 2.22. The van der Waals surface area contributed by atoms with Crippen molar-refractivity contribution in [2.45, 2.75) is 32.1 Å². The SMILES string of the molecule is CN1CC(C(=O)N(CCCN2CCC(Cc3ccccc3)CC2)c2cccc3ccccc23)CC1=O. The maximum atomic E-state index is 13.7.